The van der Waals surface area contributed by atoms with Crippen molar-refractivity contribution in [1.82, 2.24) is 14.8 Å². The topological polar surface area (TPSA) is 42.9 Å². The van der Waals surface area contributed by atoms with E-state index in [1.165, 1.54) is 5.69 Å². The highest BCUT2D eigenvalue weighted by Gasteiger charge is 2.22. The third-order valence-corrected chi connectivity index (χ3v) is 5.51. The van der Waals surface area contributed by atoms with Crippen molar-refractivity contribution in [3.63, 3.8) is 0 Å². The molecule has 1 aromatic heterocycles. The van der Waals surface area contributed by atoms with Crippen LogP contribution in [0.5, 0.6) is 0 Å². The monoisotopic (exact) mass is 365 g/mol. The van der Waals surface area contributed by atoms with E-state index in [-0.39, 0.29) is 5.91 Å². The lowest BCUT2D eigenvalue weighted by Crippen LogP contribution is -2.47. The number of likely N-dealkylation sites (N-methyl/N-ethyl adjacent to an activating group) is 1. The number of carbonyl (C=O) groups is 1. The van der Waals surface area contributed by atoms with Crippen LogP contribution in [0.1, 0.15) is 10.4 Å². The fourth-order valence-electron chi connectivity index (χ4n) is 3.72. The predicted octanol–water partition coefficient (Wildman–Crippen LogP) is 1.80. The first-order chi connectivity index (χ1) is 13.2. The molecule has 2 fully saturated rings. The first-order valence-electron chi connectivity index (χ1n) is 9.69. The Morgan fingerprint density at radius 2 is 1.48 bits per heavy atom. The maximum absolute atomic E-state index is 12.6. The minimum atomic E-state index is 0.0936. The molecule has 2 aromatic rings. The minimum absolute atomic E-state index is 0.0936. The molecule has 6 nitrogen and oxygen atoms in total. The number of nitrogens with zero attached hydrogens (tertiary/aromatic N) is 5. The van der Waals surface area contributed by atoms with Crippen LogP contribution in [-0.4, -0.2) is 80.1 Å². The van der Waals surface area contributed by atoms with Gasteiger partial charge < -0.3 is 19.6 Å². The van der Waals surface area contributed by atoms with Gasteiger partial charge in [0.15, 0.2) is 0 Å². The molecule has 27 heavy (non-hydrogen) atoms. The second-order valence-corrected chi connectivity index (χ2v) is 7.31. The van der Waals surface area contributed by atoms with E-state index in [4.69, 9.17) is 0 Å². The molecular weight excluding hydrogens is 338 g/mol. The van der Waals surface area contributed by atoms with Crippen LogP contribution in [0, 0.1) is 0 Å². The molecule has 2 aliphatic rings. The largest absolute Gasteiger partial charge is 0.368 e. The molecular formula is C21H27N5O. The Morgan fingerprint density at radius 3 is 2.11 bits per heavy atom. The van der Waals surface area contributed by atoms with Gasteiger partial charge in [0.05, 0.1) is 5.56 Å². The van der Waals surface area contributed by atoms with E-state index < -0.39 is 0 Å². The maximum Gasteiger partial charge on any atom is 0.255 e. The van der Waals surface area contributed by atoms with E-state index in [9.17, 15) is 4.79 Å². The zero-order valence-corrected chi connectivity index (χ0v) is 15.9. The lowest BCUT2D eigenvalue weighted by atomic mass is 10.2. The lowest BCUT2D eigenvalue weighted by Gasteiger charge is -2.36. The van der Waals surface area contributed by atoms with E-state index in [1.807, 2.05) is 17.0 Å². The van der Waals surface area contributed by atoms with Crippen molar-refractivity contribution in [3.8, 4) is 0 Å². The summed E-state index contributed by atoms with van der Waals surface area (Å²) in [6, 6.07) is 14.4. The van der Waals surface area contributed by atoms with Crippen molar-refractivity contribution in [3.05, 3.63) is 54.2 Å². The second kappa shape index (κ2) is 7.96. The van der Waals surface area contributed by atoms with Gasteiger partial charge in [0.1, 0.15) is 5.82 Å². The summed E-state index contributed by atoms with van der Waals surface area (Å²) in [6.45, 7) is 7.28. The van der Waals surface area contributed by atoms with Crippen molar-refractivity contribution in [1.29, 1.82) is 0 Å². The van der Waals surface area contributed by atoms with E-state index in [0.29, 0.717) is 5.56 Å². The van der Waals surface area contributed by atoms with Crippen LogP contribution in [0.25, 0.3) is 0 Å². The van der Waals surface area contributed by atoms with Crippen LogP contribution in [0.15, 0.2) is 48.7 Å². The van der Waals surface area contributed by atoms with Crippen molar-refractivity contribution < 1.29 is 4.79 Å². The third kappa shape index (κ3) is 4.06. The van der Waals surface area contributed by atoms with Crippen LogP contribution < -0.4 is 9.80 Å². The van der Waals surface area contributed by atoms with Crippen LogP contribution >= 0.6 is 0 Å². The number of piperazine rings is 2. The molecule has 0 radical (unpaired) electrons. The molecule has 0 aliphatic carbocycles. The number of anilines is 2. The van der Waals surface area contributed by atoms with E-state index >= 15 is 0 Å². The first kappa shape index (κ1) is 17.8. The Labute approximate surface area is 161 Å². The van der Waals surface area contributed by atoms with Crippen molar-refractivity contribution in [2.75, 3.05) is 69.2 Å². The Bertz CT molecular complexity index is 748. The molecule has 1 amide bonds. The van der Waals surface area contributed by atoms with Gasteiger partial charge in [0, 0.05) is 64.2 Å². The summed E-state index contributed by atoms with van der Waals surface area (Å²) in [5, 5.41) is 0. The highest BCUT2D eigenvalue weighted by Crippen LogP contribution is 2.19. The van der Waals surface area contributed by atoms with Crippen LogP contribution in [0.4, 0.5) is 11.5 Å². The van der Waals surface area contributed by atoms with Gasteiger partial charge in [-0.25, -0.2) is 4.98 Å². The van der Waals surface area contributed by atoms with Crippen LogP contribution in [-0.2, 0) is 0 Å². The van der Waals surface area contributed by atoms with Crippen molar-refractivity contribution in [2.24, 2.45) is 0 Å². The van der Waals surface area contributed by atoms with Gasteiger partial charge in [-0.3, -0.25) is 4.79 Å². The number of hydrogen-bond acceptors (Lipinski definition) is 5. The zero-order chi connectivity index (χ0) is 18.6. The zero-order valence-electron chi connectivity index (χ0n) is 15.9. The number of carbonyl (C=O) groups excluding carboxylic acids is 1. The van der Waals surface area contributed by atoms with Gasteiger partial charge in [-0.05, 0) is 31.3 Å². The normalized spacial score (nSPS) is 18.6. The number of amides is 1. The fraction of sp³-hybridized carbons (Fsp3) is 0.429. The first-order valence-corrected chi connectivity index (χ1v) is 9.69. The van der Waals surface area contributed by atoms with Crippen LogP contribution in [0.3, 0.4) is 0 Å². The van der Waals surface area contributed by atoms with Gasteiger partial charge in [-0.2, -0.15) is 0 Å². The Hall–Kier alpha value is -2.60. The van der Waals surface area contributed by atoms with Gasteiger partial charge in [0.2, 0.25) is 0 Å². The molecule has 0 spiro atoms. The highest BCUT2D eigenvalue weighted by molar-refractivity contribution is 5.94. The number of para-hydroxylation sites is 1. The summed E-state index contributed by atoms with van der Waals surface area (Å²) in [5.41, 5.74) is 1.96. The summed E-state index contributed by atoms with van der Waals surface area (Å²) in [6.07, 6.45) is 1.74. The Kier molecular flexibility index (Phi) is 5.25. The third-order valence-electron chi connectivity index (χ3n) is 5.51. The van der Waals surface area contributed by atoms with E-state index in [1.54, 1.807) is 6.20 Å². The quantitative estimate of drug-likeness (QED) is 0.830. The van der Waals surface area contributed by atoms with E-state index in [0.717, 1.165) is 58.2 Å². The molecule has 0 saturated carbocycles. The Balaban J connectivity index is 1.35. The summed E-state index contributed by atoms with van der Waals surface area (Å²) in [7, 11) is 2.09. The molecule has 3 heterocycles. The van der Waals surface area contributed by atoms with Gasteiger partial charge in [-0.1, -0.05) is 18.2 Å². The Morgan fingerprint density at radius 1 is 0.815 bits per heavy atom. The second-order valence-electron chi connectivity index (χ2n) is 7.31. The van der Waals surface area contributed by atoms with Crippen molar-refractivity contribution in [2.45, 2.75) is 0 Å². The number of aromatic nitrogens is 1. The molecule has 142 valence electrons. The summed E-state index contributed by atoms with van der Waals surface area (Å²) in [4.78, 5) is 26.1. The van der Waals surface area contributed by atoms with E-state index in [2.05, 4.69) is 57.1 Å². The SMILES string of the molecule is CN1CCN(C(=O)c2ccc(N3CCN(c4ccccc4)CC3)nc2)CC1. The minimum Gasteiger partial charge on any atom is -0.368 e. The number of pyridine rings is 1. The highest BCUT2D eigenvalue weighted by atomic mass is 16.2. The average Bonchev–Trinajstić information content (AvgIpc) is 2.75. The lowest BCUT2D eigenvalue weighted by molar-refractivity contribution is 0.0663. The van der Waals surface area contributed by atoms with Gasteiger partial charge in [0.25, 0.3) is 5.91 Å². The molecule has 0 bridgehead atoms. The molecule has 0 atom stereocenters. The average molecular weight is 365 g/mol. The van der Waals surface area contributed by atoms with Gasteiger partial charge in [-0.15, -0.1) is 0 Å². The van der Waals surface area contributed by atoms with Gasteiger partial charge >= 0.3 is 0 Å². The molecule has 2 aliphatic heterocycles. The number of hydrogen-bond donors (Lipinski definition) is 0. The molecule has 1 aromatic carbocycles. The number of rotatable bonds is 3. The molecule has 4 rings (SSSR count). The van der Waals surface area contributed by atoms with Crippen molar-refractivity contribution >= 4 is 17.4 Å². The predicted molar refractivity (Wildman–Crippen MR) is 109 cm³/mol. The smallest absolute Gasteiger partial charge is 0.255 e. The molecule has 0 unspecified atom stereocenters. The maximum atomic E-state index is 12.6. The summed E-state index contributed by atoms with van der Waals surface area (Å²) in [5.74, 6) is 1.05. The summed E-state index contributed by atoms with van der Waals surface area (Å²) >= 11 is 0. The fourth-order valence-corrected chi connectivity index (χ4v) is 3.72. The summed E-state index contributed by atoms with van der Waals surface area (Å²) < 4.78 is 0. The van der Waals surface area contributed by atoms with Crippen LogP contribution in [0.2, 0.25) is 0 Å². The molecule has 0 N–H and O–H groups in total. The number of benzene rings is 1. The molecule has 6 heteroatoms. The molecule has 2 saturated heterocycles. The standard InChI is InChI=1S/C21H27N5O/c1-23-9-11-26(12-10-23)21(27)18-7-8-20(22-17-18)25-15-13-24(14-16-25)19-5-3-2-4-6-19/h2-8,17H,9-16H2,1H3.